The average molecular weight is 562 g/mol. The largest absolute Gasteiger partial charge is 0.496 e. The van der Waals surface area contributed by atoms with Crippen molar-refractivity contribution in [2.24, 2.45) is 0 Å². The van der Waals surface area contributed by atoms with Crippen LogP contribution in [0.4, 0.5) is 18.0 Å². The number of hydrogen-bond acceptors (Lipinski definition) is 5. The van der Waals surface area contributed by atoms with Crippen LogP contribution >= 0.6 is 23.4 Å². The number of unbranched alkanes of at least 4 members (excludes halogenated alkanes) is 1. The highest BCUT2D eigenvalue weighted by molar-refractivity contribution is 7.99. The third-order valence-corrected chi connectivity index (χ3v) is 7.07. The van der Waals surface area contributed by atoms with Crippen LogP contribution in [0.2, 0.25) is 5.02 Å². The Hall–Kier alpha value is -2.10. The first kappa shape index (κ1) is 31.1. The summed E-state index contributed by atoms with van der Waals surface area (Å²) in [6, 6.07) is 8.60. The van der Waals surface area contributed by atoms with E-state index in [0.717, 1.165) is 42.3 Å². The van der Waals surface area contributed by atoms with E-state index in [1.807, 2.05) is 6.92 Å². The molecule has 0 bridgehead atoms. The first-order chi connectivity index (χ1) is 17.2. The Bertz CT molecular complexity index is 1060. The molecule has 0 aliphatic carbocycles. The van der Waals surface area contributed by atoms with Crippen LogP contribution in [0.1, 0.15) is 64.5 Å². The van der Waals surface area contributed by atoms with E-state index in [-0.39, 0.29) is 6.61 Å². The summed E-state index contributed by atoms with van der Waals surface area (Å²) in [7, 11) is 1.40. The number of alkyl halides is 3. The molecule has 0 spiro atoms. The quantitative estimate of drug-likeness (QED) is 0.292. The van der Waals surface area contributed by atoms with Crippen molar-refractivity contribution in [2.45, 2.75) is 86.9 Å². The molecule has 0 fully saturated rings. The third kappa shape index (κ3) is 9.61. The molecule has 10 heteroatoms. The number of halogens is 4. The zero-order valence-electron chi connectivity index (χ0n) is 21.8. The zero-order valence-corrected chi connectivity index (χ0v) is 23.4. The molecule has 1 unspecified atom stereocenters. The number of methoxy groups -OCH3 is 1. The molecule has 0 aliphatic heterocycles. The van der Waals surface area contributed by atoms with Crippen molar-refractivity contribution in [3.05, 3.63) is 52.5 Å². The number of aliphatic hydroxyl groups excluding tert-OH is 1. The van der Waals surface area contributed by atoms with Crippen LogP contribution in [0, 0.1) is 0 Å². The lowest BCUT2D eigenvalue weighted by Crippen LogP contribution is -2.53. The molecule has 0 aliphatic rings. The molecule has 2 N–H and O–H groups in total. The summed E-state index contributed by atoms with van der Waals surface area (Å²) >= 11 is 7.67. The Morgan fingerprint density at radius 1 is 1.11 bits per heavy atom. The number of carbonyl (C=O) groups is 1. The summed E-state index contributed by atoms with van der Waals surface area (Å²) in [5, 5.41) is 13.5. The van der Waals surface area contributed by atoms with Crippen molar-refractivity contribution in [3.63, 3.8) is 0 Å². The fourth-order valence-corrected chi connectivity index (χ4v) is 5.06. The van der Waals surface area contributed by atoms with Gasteiger partial charge in [0.2, 0.25) is 0 Å². The number of carbonyl (C=O) groups excluding carboxylic acids is 1. The van der Waals surface area contributed by atoms with Crippen molar-refractivity contribution >= 4 is 29.5 Å². The van der Waals surface area contributed by atoms with Gasteiger partial charge in [-0.1, -0.05) is 49.2 Å². The molecular weight excluding hydrogens is 527 g/mol. The van der Waals surface area contributed by atoms with Gasteiger partial charge >= 0.3 is 12.3 Å². The number of hydrogen-bond donors (Lipinski definition) is 2. The molecule has 2 aromatic carbocycles. The lowest BCUT2D eigenvalue weighted by Gasteiger charge is -2.34. The predicted molar refractivity (Wildman–Crippen MR) is 141 cm³/mol. The number of rotatable bonds is 11. The maximum Gasteiger partial charge on any atom is 0.416 e. The molecule has 0 radical (unpaired) electrons. The lowest BCUT2D eigenvalue weighted by molar-refractivity contribution is -0.137. The summed E-state index contributed by atoms with van der Waals surface area (Å²) in [6.45, 7) is 7.09. The molecule has 0 saturated carbocycles. The van der Waals surface area contributed by atoms with Gasteiger partial charge in [0.15, 0.2) is 0 Å². The second kappa shape index (κ2) is 13.1. The zero-order chi connectivity index (χ0) is 27.9. The summed E-state index contributed by atoms with van der Waals surface area (Å²) in [4.78, 5) is 13.4. The summed E-state index contributed by atoms with van der Waals surface area (Å²) < 4.78 is 50.2. The van der Waals surface area contributed by atoms with E-state index in [9.17, 15) is 23.1 Å². The molecule has 1 atom stereocenters. The van der Waals surface area contributed by atoms with Gasteiger partial charge < -0.3 is 19.9 Å². The van der Waals surface area contributed by atoms with E-state index in [2.05, 4.69) is 5.32 Å². The van der Waals surface area contributed by atoms with E-state index in [1.54, 1.807) is 39.0 Å². The smallest absolute Gasteiger partial charge is 0.416 e. The minimum absolute atomic E-state index is 0.257. The summed E-state index contributed by atoms with van der Waals surface area (Å²) in [6.07, 6.45) is -1.90. The highest BCUT2D eigenvalue weighted by Gasteiger charge is 2.33. The topological polar surface area (TPSA) is 67.8 Å². The van der Waals surface area contributed by atoms with E-state index in [0.29, 0.717) is 39.8 Å². The fourth-order valence-electron chi connectivity index (χ4n) is 3.71. The number of benzene rings is 2. The fraction of sp³-hybridized carbons (Fsp3) is 0.519. The molecule has 0 saturated heterocycles. The van der Waals surface area contributed by atoms with Gasteiger partial charge in [-0.2, -0.15) is 13.2 Å². The molecule has 37 heavy (non-hydrogen) atoms. The Morgan fingerprint density at radius 2 is 1.81 bits per heavy atom. The van der Waals surface area contributed by atoms with Crippen molar-refractivity contribution < 1.29 is 32.5 Å². The number of alkyl carbamates (subject to hydrolysis) is 1. The Balaban J connectivity index is 2.21. The molecule has 2 aromatic rings. The van der Waals surface area contributed by atoms with Crippen LogP contribution in [0.3, 0.4) is 0 Å². The Kier molecular flexibility index (Phi) is 11.0. The molecule has 206 valence electrons. The van der Waals surface area contributed by atoms with Gasteiger partial charge in [0, 0.05) is 9.92 Å². The van der Waals surface area contributed by atoms with Crippen LogP contribution < -0.4 is 10.1 Å². The molecule has 5 nitrogen and oxygen atoms in total. The highest BCUT2D eigenvalue weighted by Crippen LogP contribution is 2.40. The van der Waals surface area contributed by atoms with Gasteiger partial charge in [-0.05, 0) is 75.9 Å². The highest BCUT2D eigenvalue weighted by atomic mass is 35.5. The maximum absolute atomic E-state index is 13.2. The van der Waals surface area contributed by atoms with Gasteiger partial charge in [0.1, 0.15) is 11.4 Å². The standard InChI is InChI=1S/C27H35ClF3NO4S/c1-6-7-13-26(17-33,32-24(34)36-25(2,3)4)14-12-18-8-10-20(16-21(18)28)37-23-15-19(27(29,30)31)9-11-22(23)35-5/h8-11,15-16,33H,6-7,12-14,17H2,1-5H3,(H,32,34). The third-order valence-electron chi connectivity index (χ3n) is 5.69. The minimum atomic E-state index is -4.46. The van der Waals surface area contributed by atoms with E-state index in [4.69, 9.17) is 21.1 Å². The predicted octanol–water partition coefficient (Wildman–Crippen LogP) is 7.90. The van der Waals surface area contributed by atoms with Crippen molar-refractivity contribution in [3.8, 4) is 5.75 Å². The van der Waals surface area contributed by atoms with Crippen LogP contribution in [-0.2, 0) is 17.3 Å². The number of aliphatic hydroxyl groups is 1. The molecule has 0 heterocycles. The summed E-state index contributed by atoms with van der Waals surface area (Å²) in [5.41, 5.74) is -1.51. The van der Waals surface area contributed by atoms with Gasteiger partial charge in [-0.15, -0.1) is 0 Å². The van der Waals surface area contributed by atoms with Crippen molar-refractivity contribution in [1.82, 2.24) is 5.32 Å². The lowest BCUT2D eigenvalue weighted by atomic mass is 9.87. The van der Waals surface area contributed by atoms with Crippen molar-refractivity contribution in [2.75, 3.05) is 13.7 Å². The first-order valence-corrected chi connectivity index (χ1v) is 13.2. The van der Waals surface area contributed by atoms with Crippen LogP contribution in [0.5, 0.6) is 5.75 Å². The Morgan fingerprint density at radius 3 is 2.35 bits per heavy atom. The van der Waals surface area contributed by atoms with Gasteiger partial charge in [-0.3, -0.25) is 0 Å². The monoisotopic (exact) mass is 561 g/mol. The van der Waals surface area contributed by atoms with E-state index in [1.165, 1.54) is 13.2 Å². The second-order valence-electron chi connectivity index (χ2n) is 9.89. The summed E-state index contributed by atoms with van der Waals surface area (Å²) in [5.74, 6) is 0.329. The van der Waals surface area contributed by atoms with Crippen LogP contribution in [-0.4, -0.2) is 36.1 Å². The van der Waals surface area contributed by atoms with E-state index >= 15 is 0 Å². The van der Waals surface area contributed by atoms with Gasteiger partial charge in [0.05, 0.1) is 29.7 Å². The van der Waals surface area contributed by atoms with Gasteiger partial charge in [-0.25, -0.2) is 4.79 Å². The van der Waals surface area contributed by atoms with Crippen LogP contribution in [0.15, 0.2) is 46.2 Å². The molecule has 0 aromatic heterocycles. The molecule has 1 amide bonds. The number of ether oxygens (including phenoxy) is 2. The SMILES string of the molecule is CCCCC(CO)(CCc1ccc(Sc2cc(C(F)(F)F)ccc2OC)cc1Cl)NC(=O)OC(C)(C)C. The minimum Gasteiger partial charge on any atom is -0.496 e. The maximum atomic E-state index is 13.2. The van der Waals surface area contributed by atoms with Crippen LogP contribution in [0.25, 0.3) is 0 Å². The number of aryl methyl sites for hydroxylation is 1. The first-order valence-electron chi connectivity index (χ1n) is 12.1. The van der Waals surface area contributed by atoms with Gasteiger partial charge in [0.25, 0.3) is 0 Å². The molecule has 2 rings (SSSR count). The normalized spacial score (nSPS) is 13.7. The second-order valence-corrected chi connectivity index (χ2v) is 11.4. The average Bonchev–Trinajstić information content (AvgIpc) is 2.80. The Labute approximate surface area is 226 Å². The number of nitrogens with one attached hydrogen (secondary N) is 1. The van der Waals surface area contributed by atoms with Crippen molar-refractivity contribution in [1.29, 1.82) is 0 Å². The number of amides is 1. The van der Waals surface area contributed by atoms with E-state index < -0.39 is 29.0 Å². The molecular formula is C27H35ClF3NO4S.